The molecule has 0 aliphatic rings. The van der Waals surface area contributed by atoms with E-state index in [9.17, 15) is 5.26 Å². The maximum absolute atomic E-state index is 9.18. The Morgan fingerprint density at radius 1 is 1.15 bits per heavy atom. The molecule has 0 amide bonds. The first-order valence-electron chi connectivity index (χ1n) is 8.95. The maximum atomic E-state index is 9.18. The van der Waals surface area contributed by atoms with E-state index in [4.69, 9.17) is 0 Å². The smallest absolute Gasteiger partial charge is 0.100 e. The van der Waals surface area contributed by atoms with E-state index in [0.717, 1.165) is 33.8 Å². The summed E-state index contributed by atoms with van der Waals surface area (Å²) in [6, 6.07) is 14.6. The van der Waals surface area contributed by atoms with Crippen LogP contribution in [0.5, 0.6) is 0 Å². The topological polar surface area (TPSA) is 44.9 Å². The minimum absolute atomic E-state index is 0.641. The number of halogens is 1. The van der Waals surface area contributed by atoms with Crippen LogP contribution in [0.3, 0.4) is 0 Å². The molecule has 1 aromatic heterocycles. The molecule has 0 atom stereocenters. The molecule has 0 unspecified atom stereocenters. The summed E-state index contributed by atoms with van der Waals surface area (Å²) in [7, 11) is 1.98. The Kier molecular flexibility index (Phi) is 5.38. The first kappa shape index (κ1) is 19.2. The molecule has 0 N–H and O–H groups in total. The lowest BCUT2D eigenvalue weighted by Crippen LogP contribution is -2.17. The summed E-state index contributed by atoms with van der Waals surface area (Å²) in [5, 5.41) is 13.7. The number of aromatic nitrogens is 2. The Morgan fingerprint density at radius 2 is 1.89 bits per heavy atom. The van der Waals surface area contributed by atoms with Gasteiger partial charge < -0.3 is 4.90 Å². The van der Waals surface area contributed by atoms with Gasteiger partial charge in [-0.05, 0) is 79.0 Å². The number of rotatable bonds is 4. The number of hydrogen-bond acceptors (Lipinski definition) is 3. The van der Waals surface area contributed by atoms with Gasteiger partial charge in [0.15, 0.2) is 0 Å². The highest BCUT2D eigenvalue weighted by atomic mass is 79.9. The molecule has 138 valence electrons. The third-order valence-corrected chi connectivity index (χ3v) is 5.65. The van der Waals surface area contributed by atoms with E-state index in [1.165, 1.54) is 16.7 Å². The van der Waals surface area contributed by atoms with Gasteiger partial charge in [-0.25, -0.2) is 0 Å². The lowest BCUT2D eigenvalue weighted by Gasteiger charge is -2.26. The van der Waals surface area contributed by atoms with Crippen LogP contribution in [0.1, 0.15) is 29.4 Å². The van der Waals surface area contributed by atoms with E-state index in [0.29, 0.717) is 5.56 Å². The first-order valence-corrected chi connectivity index (χ1v) is 9.75. The molecule has 2 aromatic carbocycles. The van der Waals surface area contributed by atoms with Gasteiger partial charge in [0.2, 0.25) is 0 Å². The predicted octanol–water partition coefficient (Wildman–Crippen LogP) is 5.80. The van der Waals surface area contributed by atoms with Crippen LogP contribution in [0.2, 0.25) is 0 Å². The van der Waals surface area contributed by atoms with Crippen molar-refractivity contribution in [1.82, 2.24) is 9.78 Å². The third kappa shape index (κ3) is 3.50. The fourth-order valence-corrected chi connectivity index (χ4v) is 3.96. The fraction of sp³-hybridized carbons (Fsp3) is 0.273. The van der Waals surface area contributed by atoms with Crippen molar-refractivity contribution in [2.45, 2.75) is 27.7 Å². The summed E-state index contributed by atoms with van der Waals surface area (Å²) >= 11 is 3.51. The summed E-state index contributed by atoms with van der Waals surface area (Å²) in [5.41, 5.74) is 8.63. The van der Waals surface area contributed by atoms with Crippen molar-refractivity contribution < 1.29 is 0 Å². The second kappa shape index (κ2) is 7.58. The molecule has 0 spiro atoms. The van der Waals surface area contributed by atoms with Gasteiger partial charge in [-0.1, -0.05) is 12.1 Å². The van der Waals surface area contributed by atoms with Crippen LogP contribution >= 0.6 is 15.9 Å². The number of hydrogen-bond donors (Lipinski definition) is 0. The number of nitrogens with zero attached hydrogens (tertiary/aromatic N) is 4. The Hall–Kier alpha value is -2.58. The zero-order chi connectivity index (χ0) is 19.7. The Bertz CT molecular complexity index is 1040. The van der Waals surface area contributed by atoms with Gasteiger partial charge >= 0.3 is 0 Å². The van der Waals surface area contributed by atoms with Crippen molar-refractivity contribution in [3.63, 3.8) is 0 Å². The van der Waals surface area contributed by atoms with Crippen LogP contribution in [0.4, 0.5) is 11.4 Å². The van der Waals surface area contributed by atoms with Crippen LogP contribution in [0, 0.1) is 32.1 Å². The quantitative estimate of drug-likeness (QED) is 0.533. The second-order valence-corrected chi connectivity index (χ2v) is 7.55. The van der Waals surface area contributed by atoms with Crippen LogP contribution in [-0.2, 0) is 7.05 Å². The molecule has 0 saturated carbocycles. The molecule has 5 heteroatoms. The van der Waals surface area contributed by atoms with E-state index < -0.39 is 0 Å². The summed E-state index contributed by atoms with van der Waals surface area (Å²) in [6.07, 6.45) is 0. The average Bonchev–Trinajstić information content (AvgIpc) is 2.89. The molecule has 0 bridgehead atoms. The highest BCUT2D eigenvalue weighted by molar-refractivity contribution is 9.10. The molecular weight excluding hydrogens is 400 g/mol. The number of benzene rings is 2. The highest BCUT2D eigenvalue weighted by Crippen LogP contribution is 2.35. The minimum Gasteiger partial charge on any atom is -0.342 e. The van der Waals surface area contributed by atoms with Gasteiger partial charge in [0.1, 0.15) is 6.07 Å². The Morgan fingerprint density at radius 3 is 2.44 bits per heavy atom. The summed E-state index contributed by atoms with van der Waals surface area (Å²) in [5.74, 6) is 0. The summed E-state index contributed by atoms with van der Waals surface area (Å²) in [4.78, 5) is 2.27. The third-order valence-electron chi connectivity index (χ3n) is 5.00. The SMILES string of the molecule is CCN(c1ccc(C#N)c(Br)c1)c1cc(-c2c(C)nn(C)c2C)ccc1C. The van der Waals surface area contributed by atoms with E-state index in [2.05, 4.69) is 77.9 Å². The molecular formula is C22H23BrN4. The molecule has 0 radical (unpaired) electrons. The maximum Gasteiger partial charge on any atom is 0.100 e. The van der Waals surface area contributed by atoms with Gasteiger partial charge in [-0.3, -0.25) is 4.68 Å². The van der Waals surface area contributed by atoms with Crippen molar-refractivity contribution >= 4 is 27.3 Å². The van der Waals surface area contributed by atoms with Crippen LogP contribution in [0.25, 0.3) is 11.1 Å². The van der Waals surface area contributed by atoms with Gasteiger partial charge in [0.25, 0.3) is 0 Å². The molecule has 3 rings (SSSR count). The zero-order valence-corrected chi connectivity index (χ0v) is 17.9. The highest BCUT2D eigenvalue weighted by Gasteiger charge is 2.16. The van der Waals surface area contributed by atoms with Gasteiger partial charge in [-0.2, -0.15) is 10.4 Å². The monoisotopic (exact) mass is 422 g/mol. The number of anilines is 2. The average molecular weight is 423 g/mol. The molecule has 0 aliphatic carbocycles. The minimum atomic E-state index is 0.641. The lowest BCUT2D eigenvalue weighted by molar-refractivity contribution is 0.731. The normalized spacial score (nSPS) is 10.7. The molecule has 0 saturated heterocycles. The van der Waals surface area contributed by atoms with Crippen LogP contribution < -0.4 is 4.90 Å². The van der Waals surface area contributed by atoms with Gasteiger partial charge in [-0.15, -0.1) is 0 Å². The van der Waals surface area contributed by atoms with E-state index >= 15 is 0 Å². The Balaban J connectivity index is 2.12. The van der Waals surface area contributed by atoms with Gasteiger partial charge in [0, 0.05) is 40.7 Å². The van der Waals surface area contributed by atoms with E-state index in [-0.39, 0.29) is 0 Å². The van der Waals surface area contributed by atoms with Crippen molar-refractivity contribution in [2.75, 3.05) is 11.4 Å². The molecule has 0 fully saturated rings. The largest absolute Gasteiger partial charge is 0.342 e. The zero-order valence-electron chi connectivity index (χ0n) is 16.3. The molecule has 27 heavy (non-hydrogen) atoms. The van der Waals surface area contributed by atoms with Crippen molar-refractivity contribution in [3.05, 3.63) is 63.4 Å². The molecule has 1 heterocycles. The number of nitriles is 1. The fourth-order valence-electron chi connectivity index (χ4n) is 3.50. The van der Waals surface area contributed by atoms with E-state index in [1.807, 2.05) is 29.9 Å². The Labute approximate surface area is 169 Å². The number of aryl methyl sites for hydroxylation is 3. The van der Waals surface area contributed by atoms with Crippen LogP contribution in [-0.4, -0.2) is 16.3 Å². The molecule has 3 aromatic rings. The van der Waals surface area contributed by atoms with E-state index in [1.54, 1.807) is 0 Å². The summed E-state index contributed by atoms with van der Waals surface area (Å²) in [6.45, 7) is 9.25. The molecule has 4 nitrogen and oxygen atoms in total. The van der Waals surface area contributed by atoms with Gasteiger partial charge in [0.05, 0.1) is 11.3 Å². The summed E-state index contributed by atoms with van der Waals surface area (Å²) < 4.78 is 2.74. The first-order chi connectivity index (χ1) is 12.9. The molecule has 0 aliphatic heterocycles. The van der Waals surface area contributed by atoms with Crippen LogP contribution in [0.15, 0.2) is 40.9 Å². The van der Waals surface area contributed by atoms with Crippen molar-refractivity contribution in [3.8, 4) is 17.2 Å². The second-order valence-electron chi connectivity index (χ2n) is 6.69. The standard InChI is InChI=1S/C22H23BrN4/c1-6-27(19-10-9-18(13-24)20(23)12-19)21-11-17(8-7-14(21)2)22-15(3)25-26(5)16(22)4/h7-12H,6H2,1-5H3. The lowest BCUT2D eigenvalue weighted by atomic mass is 10.00. The van der Waals surface area contributed by atoms with Crippen molar-refractivity contribution in [1.29, 1.82) is 5.26 Å². The van der Waals surface area contributed by atoms with Crippen molar-refractivity contribution in [2.24, 2.45) is 7.05 Å². The predicted molar refractivity (Wildman–Crippen MR) is 114 cm³/mol.